The molecule has 0 amide bonds. The summed E-state index contributed by atoms with van der Waals surface area (Å²) in [5.74, 6) is 0.782. The molecule has 1 atom stereocenters. The fraction of sp³-hybridized carbons (Fsp3) is 0.417. The van der Waals surface area contributed by atoms with E-state index in [1.807, 2.05) is 12.1 Å². The van der Waals surface area contributed by atoms with Gasteiger partial charge in [0.2, 0.25) is 0 Å². The van der Waals surface area contributed by atoms with E-state index in [4.69, 9.17) is 16.3 Å². The maximum absolute atomic E-state index is 6.03. The third-order valence-electron chi connectivity index (χ3n) is 2.44. The topological polar surface area (TPSA) is 59.9 Å². The molecule has 6 heteroatoms. The summed E-state index contributed by atoms with van der Waals surface area (Å²) in [6, 6.07) is 3.78. The van der Waals surface area contributed by atoms with Crippen molar-refractivity contribution in [1.82, 2.24) is 15.0 Å². The Bertz CT molecular complexity index is 508. The van der Waals surface area contributed by atoms with Crippen molar-refractivity contribution in [2.24, 2.45) is 0 Å². The average molecular weight is 267 g/mol. The van der Waals surface area contributed by atoms with Crippen molar-refractivity contribution in [3.63, 3.8) is 0 Å². The van der Waals surface area contributed by atoms with E-state index >= 15 is 0 Å². The zero-order valence-electron chi connectivity index (χ0n) is 10.1. The van der Waals surface area contributed by atoms with E-state index in [0.29, 0.717) is 12.3 Å². The number of aromatic nitrogens is 3. The molecule has 0 radical (unpaired) electrons. The second kappa shape index (κ2) is 6.47. The molecule has 2 aromatic rings. The van der Waals surface area contributed by atoms with Crippen LogP contribution in [-0.4, -0.2) is 40.6 Å². The molecule has 2 rings (SSSR count). The van der Waals surface area contributed by atoms with Crippen LogP contribution in [0.5, 0.6) is 0 Å². The first-order valence-corrected chi connectivity index (χ1v) is 6.18. The zero-order valence-corrected chi connectivity index (χ0v) is 10.9. The number of nitrogens with one attached hydrogen (secondary N) is 1. The number of ether oxygens (including phenoxy) is 1. The Morgan fingerprint density at radius 2 is 2.17 bits per heavy atom. The smallest absolute Gasteiger partial charge is 0.180 e. The van der Waals surface area contributed by atoms with Crippen molar-refractivity contribution >= 4 is 28.6 Å². The number of pyridine rings is 1. The second-order valence-electron chi connectivity index (χ2n) is 3.86. The molecule has 96 valence electrons. The number of nitrogens with zero attached hydrogens (tertiary/aromatic N) is 3. The standard InChI is InChI=1S/C12H15ClN4O/c1-18-8-9(13)4-5-15-11-3-2-10-12(17-11)16-7-6-14-10/h2-3,6-7,9H,4-5,8H2,1H3,(H,15,16,17). The predicted molar refractivity (Wildman–Crippen MR) is 72.0 cm³/mol. The molecule has 0 aliphatic heterocycles. The Morgan fingerprint density at radius 1 is 1.33 bits per heavy atom. The van der Waals surface area contributed by atoms with E-state index in [2.05, 4.69) is 20.3 Å². The van der Waals surface area contributed by atoms with Crippen molar-refractivity contribution in [1.29, 1.82) is 0 Å². The van der Waals surface area contributed by atoms with Gasteiger partial charge in [0.05, 0.1) is 12.0 Å². The molecule has 18 heavy (non-hydrogen) atoms. The van der Waals surface area contributed by atoms with E-state index in [1.165, 1.54) is 0 Å². The number of anilines is 1. The quantitative estimate of drug-likeness (QED) is 0.811. The number of methoxy groups -OCH3 is 1. The minimum absolute atomic E-state index is 0.0164. The van der Waals surface area contributed by atoms with Crippen LogP contribution in [0, 0.1) is 0 Å². The van der Waals surface area contributed by atoms with Crippen molar-refractivity contribution in [2.45, 2.75) is 11.8 Å². The number of alkyl halides is 1. The van der Waals surface area contributed by atoms with Gasteiger partial charge in [0.25, 0.3) is 0 Å². The lowest BCUT2D eigenvalue weighted by Gasteiger charge is -2.09. The highest BCUT2D eigenvalue weighted by atomic mass is 35.5. The molecule has 2 heterocycles. The molecule has 0 aliphatic rings. The van der Waals surface area contributed by atoms with Gasteiger partial charge in [-0.1, -0.05) is 0 Å². The van der Waals surface area contributed by atoms with Crippen LogP contribution in [0.15, 0.2) is 24.5 Å². The maximum Gasteiger partial charge on any atom is 0.180 e. The van der Waals surface area contributed by atoms with Gasteiger partial charge in [-0.05, 0) is 18.6 Å². The van der Waals surface area contributed by atoms with Crippen LogP contribution < -0.4 is 5.32 Å². The number of rotatable bonds is 6. The van der Waals surface area contributed by atoms with Gasteiger partial charge in [0.1, 0.15) is 11.3 Å². The van der Waals surface area contributed by atoms with Crippen LogP contribution in [0.25, 0.3) is 11.2 Å². The van der Waals surface area contributed by atoms with Gasteiger partial charge < -0.3 is 10.1 Å². The minimum atomic E-state index is 0.0164. The van der Waals surface area contributed by atoms with Gasteiger partial charge in [-0.3, -0.25) is 4.98 Å². The summed E-state index contributed by atoms with van der Waals surface area (Å²) in [5.41, 5.74) is 1.43. The molecule has 0 aliphatic carbocycles. The first-order valence-electron chi connectivity index (χ1n) is 5.74. The molecule has 2 aromatic heterocycles. The summed E-state index contributed by atoms with van der Waals surface area (Å²) >= 11 is 6.03. The molecule has 1 N–H and O–H groups in total. The second-order valence-corrected chi connectivity index (χ2v) is 4.48. The van der Waals surface area contributed by atoms with Crippen LogP contribution in [0.3, 0.4) is 0 Å². The SMILES string of the molecule is COCC(Cl)CCNc1ccc2nccnc2n1. The molecule has 1 unspecified atom stereocenters. The lowest BCUT2D eigenvalue weighted by Crippen LogP contribution is -2.13. The number of halogens is 1. The molecule has 0 aromatic carbocycles. The maximum atomic E-state index is 6.03. The Balaban J connectivity index is 1.91. The number of hydrogen-bond donors (Lipinski definition) is 1. The van der Waals surface area contributed by atoms with Gasteiger partial charge in [0.15, 0.2) is 5.65 Å². The summed E-state index contributed by atoms with van der Waals surface area (Å²) in [5, 5.41) is 3.22. The van der Waals surface area contributed by atoms with Crippen molar-refractivity contribution in [3.8, 4) is 0 Å². The van der Waals surface area contributed by atoms with Crippen molar-refractivity contribution < 1.29 is 4.74 Å². The lowest BCUT2D eigenvalue weighted by atomic mass is 10.3. The molecular formula is C12H15ClN4O. The highest BCUT2D eigenvalue weighted by Crippen LogP contribution is 2.10. The normalized spacial score (nSPS) is 12.6. The van der Waals surface area contributed by atoms with E-state index in [-0.39, 0.29) is 5.38 Å². The molecule has 5 nitrogen and oxygen atoms in total. The molecule has 0 spiro atoms. The summed E-state index contributed by atoms with van der Waals surface area (Å²) in [6.45, 7) is 1.30. The van der Waals surface area contributed by atoms with Gasteiger partial charge >= 0.3 is 0 Å². The highest BCUT2D eigenvalue weighted by Gasteiger charge is 2.04. The predicted octanol–water partition coefficient (Wildman–Crippen LogP) is 2.08. The summed E-state index contributed by atoms with van der Waals surface area (Å²) in [4.78, 5) is 12.7. The van der Waals surface area contributed by atoms with E-state index in [1.54, 1.807) is 19.5 Å². The summed E-state index contributed by atoms with van der Waals surface area (Å²) in [7, 11) is 1.65. The Morgan fingerprint density at radius 3 is 3.00 bits per heavy atom. The van der Waals surface area contributed by atoms with Gasteiger partial charge in [-0.2, -0.15) is 0 Å². The molecule has 0 fully saturated rings. The number of fused-ring (bicyclic) bond motifs is 1. The van der Waals surface area contributed by atoms with Crippen molar-refractivity contribution in [3.05, 3.63) is 24.5 Å². The lowest BCUT2D eigenvalue weighted by molar-refractivity contribution is 0.196. The van der Waals surface area contributed by atoms with Crippen LogP contribution in [0.4, 0.5) is 5.82 Å². The Labute approximate surface area is 111 Å². The highest BCUT2D eigenvalue weighted by molar-refractivity contribution is 6.20. The fourth-order valence-electron chi connectivity index (χ4n) is 1.57. The Kier molecular flexibility index (Phi) is 4.66. The first-order chi connectivity index (χ1) is 8.79. The third kappa shape index (κ3) is 3.51. The van der Waals surface area contributed by atoms with Crippen LogP contribution >= 0.6 is 11.6 Å². The Hall–Kier alpha value is -1.46. The van der Waals surface area contributed by atoms with Crippen LogP contribution in [0.1, 0.15) is 6.42 Å². The summed E-state index contributed by atoms with van der Waals surface area (Å²) < 4.78 is 4.97. The molecule has 0 saturated heterocycles. The molecular weight excluding hydrogens is 252 g/mol. The summed E-state index contributed by atoms with van der Waals surface area (Å²) in [6.07, 6.45) is 4.10. The van der Waals surface area contributed by atoms with Crippen molar-refractivity contribution in [2.75, 3.05) is 25.6 Å². The van der Waals surface area contributed by atoms with Gasteiger partial charge in [0, 0.05) is 26.0 Å². The zero-order chi connectivity index (χ0) is 12.8. The van der Waals surface area contributed by atoms with E-state index < -0.39 is 0 Å². The van der Waals surface area contributed by atoms with E-state index in [0.717, 1.165) is 24.3 Å². The van der Waals surface area contributed by atoms with Gasteiger partial charge in [-0.15, -0.1) is 11.6 Å². The molecule has 0 bridgehead atoms. The first kappa shape index (κ1) is 13.0. The largest absolute Gasteiger partial charge is 0.383 e. The fourth-order valence-corrected chi connectivity index (χ4v) is 1.81. The molecule has 0 saturated carbocycles. The van der Waals surface area contributed by atoms with E-state index in [9.17, 15) is 0 Å². The number of hydrogen-bond acceptors (Lipinski definition) is 5. The van der Waals surface area contributed by atoms with Crippen LogP contribution in [-0.2, 0) is 4.74 Å². The van der Waals surface area contributed by atoms with Gasteiger partial charge in [-0.25, -0.2) is 9.97 Å². The monoisotopic (exact) mass is 266 g/mol. The average Bonchev–Trinajstić information content (AvgIpc) is 2.39. The van der Waals surface area contributed by atoms with Crippen LogP contribution in [0.2, 0.25) is 0 Å². The third-order valence-corrected chi connectivity index (χ3v) is 2.79. The minimum Gasteiger partial charge on any atom is -0.383 e.